The number of aromatic amines is 1. The van der Waals surface area contributed by atoms with Gasteiger partial charge in [-0.3, -0.25) is 4.90 Å². The van der Waals surface area contributed by atoms with Crippen LogP contribution in [0.1, 0.15) is 36.6 Å². The van der Waals surface area contributed by atoms with E-state index in [2.05, 4.69) is 64.5 Å². The maximum absolute atomic E-state index is 5.26. The maximum Gasteiger partial charge on any atom is 0.118 e. The summed E-state index contributed by atoms with van der Waals surface area (Å²) in [6.45, 7) is 2.15. The average Bonchev–Trinajstić information content (AvgIpc) is 3.07. The number of H-pyrrole nitrogens is 1. The van der Waals surface area contributed by atoms with E-state index in [0.29, 0.717) is 6.04 Å². The molecule has 1 aromatic heterocycles. The molecule has 4 rings (SSSR count). The molecule has 3 nitrogen and oxygen atoms in total. The number of hydrogen-bond acceptors (Lipinski definition) is 2. The zero-order valence-electron chi connectivity index (χ0n) is 14.2. The van der Waals surface area contributed by atoms with Crippen LogP contribution in [0, 0.1) is 0 Å². The first-order chi connectivity index (χ1) is 11.8. The van der Waals surface area contributed by atoms with Gasteiger partial charge < -0.3 is 9.72 Å². The molecule has 1 unspecified atom stereocenters. The molecular formula is C21H24N2O. The molecule has 2 heterocycles. The summed E-state index contributed by atoms with van der Waals surface area (Å²) in [5.41, 5.74) is 3.94. The Morgan fingerprint density at radius 1 is 1.08 bits per heavy atom. The van der Waals surface area contributed by atoms with Gasteiger partial charge in [-0.05, 0) is 54.6 Å². The summed E-state index contributed by atoms with van der Waals surface area (Å²) in [6, 6.07) is 19.8. The molecule has 0 aliphatic carbocycles. The molecule has 1 atom stereocenters. The Bertz CT molecular complexity index is 773. The summed E-state index contributed by atoms with van der Waals surface area (Å²) in [6.07, 6.45) is 3.81. The van der Waals surface area contributed by atoms with E-state index in [1.807, 2.05) is 0 Å². The topological polar surface area (TPSA) is 28.3 Å². The Morgan fingerprint density at radius 2 is 1.92 bits per heavy atom. The lowest BCUT2D eigenvalue weighted by molar-refractivity contribution is 0.138. The quantitative estimate of drug-likeness (QED) is 0.740. The molecule has 3 heteroatoms. The molecule has 124 valence electrons. The van der Waals surface area contributed by atoms with Crippen molar-refractivity contribution in [2.24, 2.45) is 0 Å². The molecule has 0 saturated carbocycles. The summed E-state index contributed by atoms with van der Waals surface area (Å²) in [5.74, 6) is 0.921. The monoisotopic (exact) mass is 320 g/mol. The van der Waals surface area contributed by atoms with E-state index >= 15 is 0 Å². The van der Waals surface area contributed by atoms with Crippen LogP contribution in [-0.2, 0) is 6.54 Å². The predicted molar refractivity (Wildman–Crippen MR) is 98.3 cm³/mol. The van der Waals surface area contributed by atoms with Gasteiger partial charge in [0.2, 0.25) is 0 Å². The van der Waals surface area contributed by atoms with Crippen molar-refractivity contribution in [2.75, 3.05) is 13.7 Å². The number of benzene rings is 2. The first kappa shape index (κ1) is 15.3. The van der Waals surface area contributed by atoms with Gasteiger partial charge in [0.15, 0.2) is 0 Å². The third-order valence-electron chi connectivity index (χ3n) is 5.07. The van der Waals surface area contributed by atoms with Crippen LogP contribution < -0.4 is 4.74 Å². The highest BCUT2D eigenvalue weighted by Gasteiger charge is 2.25. The zero-order valence-corrected chi connectivity index (χ0v) is 14.2. The predicted octanol–water partition coefficient (Wildman–Crippen LogP) is 4.90. The summed E-state index contributed by atoms with van der Waals surface area (Å²) >= 11 is 0. The van der Waals surface area contributed by atoms with E-state index < -0.39 is 0 Å². The lowest BCUT2D eigenvalue weighted by atomic mass is 9.98. The van der Waals surface area contributed by atoms with Crippen LogP contribution in [0.15, 0.2) is 54.6 Å². The molecule has 1 aliphatic rings. The number of ether oxygens (including phenoxy) is 1. The minimum absolute atomic E-state index is 0.480. The van der Waals surface area contributed by atoms with Gasteiger partial charge in [0.05, 0.1) is 13.2 Å². The number of methoxy groups -OCH3 is 1. The lowest BCUT2D eigenvalue weighted by Crippen LogP contribution is -2.33. The number of likely N-dealkylation sites (tertiary alicyclic amines) is 1. The fourth-order valence-corrected chi connectivity index (χ4v) is 3.77. The summed E-state index contributed by atoms with van der Waals surface area (Å²) in [7, 11) is 1.71. The third kappa shape index (κ3) is 3.04. The normalized spacial score (nSPS) is 18.8. The van der Waals surface area contributed by atoms with Crippen LogP contribution in [0.25, 0.3) is 10.9 Å². The average molecular weight is 320 g/mol. The molecular weight excluding hydrogens is 296 g/mol. The minimum atomic E-state index is 0.480. The standard InChI is InChI=1S/C21H24N2O/c1-24-18-11-9-16(10-12-18)15-23-13-5-4-8-21(23)20-14-17-6-2-3-7-19(17)22-20/h2-3,6-7,9-12,14,21-22H,4-5,8,13,15H2,1H3. The van der Waals surface area contributed by atoms with E-state index in [1.165, 1.54) is 41.4 Å². The van der Waals surface area contributed by atoms with Crippen LogP contribution >= 0.6 is 0 Å². The molecule has 1 saturated heterocycles. The Morgan fingerprint density at radius 3 is 2.71 bits per heavy atom. The molecule has 0 spiro atoms. The van der Waals surface area contributed by atoms with Gasteiger partial charge in [-0.1, -0.05) is 36.8 Å². The van der Waals surface area contributed by atoms with Crippen molar-refractivity contribution in [1.82, 2.24) is 9.88 Å². The molecule has 1 aliphatic heterocycles. The van der Waals surface area contributed by atoms with E-state index in [9.17, 15) is 0 Å². The van der Waals surface area contributed by atoms with Crippen molar-refractivity contribution in [3.63, 3.8) is 0 Å². The smallest absolute Gasteiger partial charge is 0.118 e. The van der Waals surface area contributed by atoms with Gasteiger partial charge in [-0.15, -0.1) is 0 Å². The van der Waals surface area contributed by atoms with Gasteiger partial charge in [0.25, 0.3) is 0 Å². The zero-order chi connectivity index (χ0) is 16.4. The highest BCUT2D eigenvalue weighted by molar-refractivity contribution is 5.80. The Balaban J connectivity index is 1.57. The SMILES string of the molecule is COc1ccc(CN2CCCCC2c2cc3ccccc3[nH]2)cc1. The molecule has 0 radical (unpaired) electrons. The number of aromatic nitrogens is 1. The first-order valence-electron chi connectivity index (χ1n) is 8.78. The van der Waals surface area contributed by atoms with Crippen molar-refractivity contribution in [1.29, 1.82) is 0 Å². The number of nitrogens with one attached hydrogen (secondary N) is 1. The van der Waals surface area contributed by atoms with E-state index in [-0.39, 0.29) is 0 Å². The second-order valence-electron chi connectivity index (χ2n) is 6.64. The maximum atomic E-state index is 5.26. The van der Waals surface area contributed by atoms with Crippen LogP contribution in [0.2, 0.25) is 0 Å². The van der Waals surface area contributed by atoms with Gasteiger partial charge >= 0.3 is 0 Å². The molecule has 1 N–H and O–H groups in total. The fourth-order valence-electron chi connectivity index (χ4n) is 3.77. The van der Waals surface area contributed by atoms with E-state index in [1.54, 1.807) is 7.11 Å². The lowest BCUT2D eigenvalue weighted by Gasteiger charge is -2.35. The summed E-state index contributed by atoms with van der Waals surface area (Å²) in [5, 5.41) is 1.31. The number of fused-ring (bicyclic) bond motifs is 1. The van der Waals surface area contributed by atoms with Crippen LogP contribution in [0.4, 0.5) is 0 Å². The van der Waals surface area contributed by atoms with Crippen LogP contribution in [0.3, 0.4) is 0 Å². The Kier molecular flexibility index (Phi) is 4.26. The summed E-state index contributed by atoms with van der Waals surface area (Å²) in [4.78, 5) is 6.24. The molecule has 3 aromatic rings. The van der Waals surface area contributed by atoms with E-state index in [0.717, 1.165) is 18.8 Å². The number of para-hydroxylation sites is 1. The summed E-state index contributed by atoms with van der Waals surface area (Å²) < 4.78 is 5.26. The molecule has 0 bridgehead atoms. The Hall–Kier alpha value is -2.26. The largest absolute Gasteiger partial charge is 0.497 e. The minimum Gasteiger partial charge on any atom is -0.497 e. The number of piperidine rings is 1. The van der Waals surface area contributed by atoms with Crippen LogP contribution in [-0.4, -0.2) is 23.5 Å². The van der Waals surface area contributed by atoms with Gasteiger partial charge in [-0.2, -0.15) is 0 Å². The van der Waals surface area contributed by atoms with Crippen molar-refractivity contribution in [3.05, 3.63) is 65.9 Å². The molecule has 0 amide bonds. The third-order valence-corrected chi connectivity index (χ3v) is 5.07. The number of nitrogens with zero attached hydrogens (tertiary/aromatic N) is 1. The molecule has 2 aromatic carbocycles. The van der Waals surface area contributed by atoms with Gasteiger partial charge in [0.1, 0.15) is 5.75 Å². The fraction of sp³-hybridized carbons (Fsp3) is 0.333. The number of rotatable bonds is 4. The number of hydrogen-bond donors (Lipinski definition) is 1. The second kappa shape index (κ2) is 6.70. The molecule has 1 fully saturated rings. The van der Waals surface area contributed by atoms with Crippen molar-refractivity contribution >= 4 is 10.9 Å². The first-order valence-corrected chi connectivity index (χ1v) is 8.78. The van der Waals surface area contributed by atoms with Gasteiger partial charge in [-0.25, -0.2) is 0 Å². The van der Waals surface area contributed by atoms with Crippen molar-refractivity contribution in [3.8, 4) is 5.75 Å². The Labute approximate surface area is 143 Å². The van der Waals surface area contributed by atoms with Gasteiger partial charge in [0, 0.05) is 17.8 Å². The molecule has 24 heavy (non-hydrogen) atoms. The highest BCUT2D eigenvalue weighted by Crippen LogP contribution is 2.33. The second-order valence-corrected chi connectivity index (χ2v) is 6.64. The van der Waals surface area contributed by atoms with Crippen LogP contribution in [0.5, 0.6) is 5.75 Å². The van der Waals surface area contributed by atoms with E-state index in [4.69, 9.17) is 4.74 Å². The van der Waals surface area contributed by atoms with Crippen molar-refractivity contribution in [2.45, 2.75) is 31.8 Å². The van der Waals surface area contributed by atoms with Crippen molar-refractivity contribution < 1.29 is 4.74 Å². The highest BCUT2D eigenvalue weighted by atomic mass is 16.5.